The van der Waals surface area contributed by atoms with Crippen LogP contribution >= 0.6 is 0 Å². The van der Waals surface area contributed by atoms with Gasteiger partial charge in [0.05, 0.1) is 12.8 Å². The summed E-state index contributed by atoms with van der Waals surface area (Å²) in [7, 11) is 0. The summed E-state index contributed by atoms with van der Waals surface area (Å²) in [5.41, 5.74) is 3.07. The van der Waals surface area contributed by atoms with Crippen LogP contribution in [0.25, 0.3) is 0 Å². The standard InChI is InChI=1S/C11H12N6O3/c1-2-16-10(13-11(15-16)17(19)20)14-12-7-8-5-3-4-6-9(8)18/h3-7,18H,2H2,1H3,(H,13,14,15). The molecule has 0 saturated carbocycles. The Hall–Kier alpha value is -2.97. The number of phenols is 1. The first-order valence-corrected chi connectivity index (χ1v) is 5.78. The third-order valence-corrected chi connectivity index (χ3v) is 2.43. The first-order chi connectivity index (χ1) is 9.61. The number of aromatic nitrogens is 3. The Morgan fingerprint density at radius 1 is 1.55 bits per heavy atom. The number of nitrogens with one attached hydrogen (secondary N) is 1. The van der Waals surface area contributed by atoms with Gasteiger partial charge in [-0.15, -0.1) is 0 Å². The third kappa shape index (κ3) is 2.88. The van der Waals surface area contributed by atoms with Crippen molar-refractivity contribution < 1.29 is 10.0 Å². The number of anilines is 1. The second-order valence-corrected chi connectivity index (χ2v) is 3.74. The van der Waals surface area contributed by atoms with E-state index in [2.05, 4.69) is 20.6 Å². The van der Waals surface area contributed by atoms with Crippen LogP contribution in [0.3, 0.4) is 0 Å². The van der Waals surface area contributed by atoms with E-state index in [0.717, 1.165) is 0 Å². The number of hydrazone groups is 1. The maximum absolute atomic E-state index is 10.6. The predicted octanol–water partition coefficient (Wildman–Crippen LogP) is 1.36. The van der Waals surface area contributed by atoms with Crippen LogP contribution in [0.1, 0.15) is 12.5 Å². The Kier molecular flexibility index (Phi) is 3.89. The van der Waals surface area contributed by atoms with E-state index in [0.29, 0.717) is 12.1 Å². The lowest BCUT2D eigenvalue weighted by molar-refractivity contribution is -0.394. The van der Waals surface area contributed by atoms with Crippen molar-refractivity contribution in [2.45, 2.75) is 13.5 Å². The molecule has 0 radical (unpaired) electrons. The lowest BCUT2D eigenvalue weighted by Gasteiger charge is -1.97. The molecule has 9 nitrogen and oxygen atoms in total. The molecule has 1 aromatic heterocycles. The molecule has 104 valence electrons. The molecule has 9 heteroatoms. The fraction of sp³-hybridized carbons (Fsp3) is 0.182. The van der Waals surface area contributed by atoms with Crippen LogP contribution in [-0.4, -0.2) is 31.0 Å². The Bertz CT molecular complexity index is 651. The first-order valence-electron chi connectivity index (χ1n) is 5.78. The van der Waals surface area contributed by atoms with Crippen molar-refractivity contribution in [2.24, 2.45) is 5.10 Å². The second-order valence-electron chi connectivity index (χ2n) is 3.74. The summed E-state index contributed by atoms with van der Waals surface area (Å²) < 4.78 is 1.32. The molecular weight excluding hydrogens is 264 g/mol. The van der Waals surface area contributed by atoms with Gasteiger partial charge in [-0.2, -0.15) is 9.78 Å². The van der Waals surface area contributed by atoms with Crippen LogP contribution in [0, 0.1) is 10.1 Å². The largest absolute Gasteiger partial charge is 0.507 e. The van der Waals surface area contributed by atoms with E-state index in [-0.39, 0.29) is 11.7 Å². The monoisotopic (exact) mass is 276 g/mol. The number of aromatic hydroxyl groups is 1. The molecule has 0 aliphatic carbocycles. The lowest BCUT2D eigenvalue weighted by Crippen LogP contribution is -2.03. The van der Waals surface area contributed by atoms with Crippen molar-refractivity contribution in [3.63, 3.8) is 0 Å². The molecule has 0 saturated heterocycles. The van der Waals surface area contributed by atoms with E-state index < -0.39 is 10.9 Å². The molecule has 20 heavy (non-hydrogen) atoms. The van der Waals surface area contributed by atoms with Crippen LogP contribution in [0.5, 0.6) is 5.75 Å². The Balaban J connectivity index is 2.14. The van der Waals surface area contributed by atoms with Gasteiger partial charge < -0.3 is 15.2 Å². The second kappa shape index (κ2) is 5.78. The van der Waals surface area contributed by atoms with Gasteiger partial charge in [-0.05, 0) is 29.0 Å². The Morgan fingerprint density at radius 2 is 2.30 bits per heavy atom. The molecule has 2 aromatic rings. The number of hydrogen-bond donors (Lipinski definition) is 2. The van der Waals surface area contributed by atoms with E-state index in [4.69, 9.17) is 0 Å². The van der Waals surface area contributed by atoms with Crippen LogP contribution in [0.2, 0.25) is 0 Å². The zero-order chi connectivity index (χ0) is 14.5. The average Bonchev–Trinajstić information content (AvgIpc) is 2.84. The maximum atomic E-state index is 10.6. The van der Waals surface area contributed by atoms with Gasteiger partial charge >= 0.3 is 11.9 Å². The number of aryl methyl sites for hydroxylation is 1. The molecule has 2 rings (SSSR count). The summed E-state index contributed by atoms with van der Waals surface area (Å²) in [5, 5.41) is 27.7. The van der Waals surface area contributed by atoms with Crippen molar-refractivity contribution in [2.75, 3.05) is 5.43 Å². The molecule has 0 atom stereocenters. The molecule has 1 heterocycles. The van der Waals surface area contributed by atoms with Gasteiger partial charge in [0.1, 0.15) is 5.75 Å². The zero-order valence-corrected chi connectivity index (χ0v) is 10.6. The predicted molar refractivity (Wildman–Crippen MR) is 71.7 cm³/mol. The van der Waals surface area contributed by atoms with Crippen molar-refractivity contribution in [3.05, 3.63) is 39.9 Å². The van der Waals surface area contributed by atoms with Crippen LogP contribution in [0.4, 0.5) is 11.9 Å². The highest BCUT2D eigenvalue weighted by Crippen LogP contribution is 2.14. The van der Waals surface area contributed by atoms with E-state index in [9.17, 15) is 15.2 Å². The van der Waals surface area contributed by atoms with Gasteiger partial charge in [-0.1, -0.05) is 12.1 Å². The van der Waals surface area contributed by atoms with Crippen molar-refractivity contribution >= 4 is 18.1 Å². The van der Waals surface area contributed by atoms with Gasteiger partial charge in [-0.3, -0.25) is 0 Å². The SMILES string of the molecule is CCn1nc([N+](=O)[O-])nc1NN=Cc1ccccc1O. The molecule has 0 unspecified atom stereocenters. The molecule has 0 spiro atoms. The number of benzene rings is 1. The quantitative estimate of drug-likeness (QED) is 0.483. The summed E-state index contributed by atoms with van der Waals surface area (Å²) in [4.78, 5) is 13.6. The molecule has 0 amide bonds. The van der Waals surface area contributed by atoms with Gasteiger partial charge in [0.2, 0.25) is 0 Å². The van der Waals surface area contributed by atoms with Crippen LogP contribution in [-0.2, 0) is 6.54 Å². The Labute approximate surface area is 113 Å². The third-order valence-electron chi connectivity index (χ3n) is 2.43. The van der Waals surface area contributed by atoms with Crippen molar-refractivity contribution in [1.29, 1.82) is 0 Å². The molecule has 1 aromatic carbocycles. The topological polar surface area (TPSA) is 118 Å². The summed E-state index contributed by atoms with van der Waals surface area (Å²) in [6, 6.07) is 6.64. The highest BCUT2D eigenvalue weighted by Gasteiger charge is 2.19. The number of hydrogen-bond acceptors (Lipinski definition) is 7. The number of rotatable bonds is 5. The van der Waals surface area contributed by atoms with Gasteiger partial charge in [0, 0.05) is 10.7 Å². The lowest BCUT2D eigenvalue weighted by atomic mass is 10.2. The smallest absolute Gasteiger partial charge is 0.493 e. The van der Waals surface area contributed by atoms with Gasteiger partial charge in [-0.25, -0.2) is 5.43 Å². The highest BCUT2D eigenvalue weighted by molar-refractivity contribution is 5.83. The highest BCUT2D eigenvalue weighted by atomic mass is 16.6. The number of nitro groups is 1. The van der Waals surface area contributed by atoms with Crippen LogP contribution < -0.4 is 5.43 Å². The first kappa shape index (κ1) is 13.5. The van der Waals surface area contributed by atoms with E-state index >= 15 is 0 Å². The van der Waals surface area contributed by atoms with E-state index in [1.807, 2.05) is 0 Å². The minimum atomic E-state index is -0.677. The zero-order valence-electron chi connectivity index (χ0n) is 10.6. The summed E-state index contributed by atoms with van der Waals surface area (Å²) in [6.07, 6.45) is 1.38. The number of phenolic OH excluding ortho intramolecular Hbond substituents is 1. The summed E-state index contributed by atoms with van der Waals surface area (Å²) in [5.74, 6) is -0.251. The molecule has 0 fully saturated rings. The molecule has 2 N–H and O–H groups in total. The van der Waals surface area contributed by atoms with E-state index in [1.165, 1.54) is 17.0 Å². The minimum absolute atomic E-state index is 0.0842. The van der Waals surface area contributed by atoms with Crippen molar-refractivity contribution in [3.8, 4) is 5.75 Å². The van der Waals surface area contributed by atoms with Crippen LogP contribution in [0.15, 0.2) is 29.4 Å². The minimum Gasteiger partial charge on any atom is -0.507 e. The Morgan fingerprint density at radius 3 is 2.95 bits per heavy atom. The maximum Gasteiger partial charge on any atom is 0.493 e. The normalized spacial score (nSPS) is 10.8. The van der Waals surface area contributed by atoms with E-state index in [1.54, 1.807) is 25.1 Å². The fourth-order valence-corrected chi connectivity index (χ4v) is 1.47. The summed E-state index contributed by atoms with van der Waals surface area (Å²) >= 11 is 0. The molecule has 0 aliphatic heterocycles. The van der Waals surface area contributed by atoms with Gasteiger partial charge in [0.25, 0.3) is 0 Å². The number of para-hydroxylation sites is 1. The molecule has 0 bridgehead atoms. The van der Waals surface area contributed by atoms with Gasteiger partial charge in [0.15, 0.2) is 0 Å². The molecule has 0 aliphatic rings. The molecular formula is C11H12N6O3. The summed E-state index contributed by atoms with van der Waals surface area (Å²) in [6.45, 7) is 2.19. The number of nitrogens with zero attached hydrogens (tertiary/aromatic N) is 5. The average molecular weight is 276 g/mol. The fourth-order valence-electron chi connectivity index (χ4n) is 1.47. The van der Waals surface area contributed by atoms with Crippen molar-refractivity contribution in [1.82, 2.24) is 14.8 Å².